The van der Waals surface area contributed by atoms with Gasteiger partial charge in [-0.2, -0.15) is 0 Å². The number of fused-ring (bicyclic) bond motifs is 6. The van der Waals surface area contributed by atoms with Gasteiger partial charge < -0.3 is 4.42 Å². The zero-order valence-electron chi connectivity index (χ0n) is 29.9. The van der Waals surface area contributed by atoms with E-state index in [1.807, 2.05) is 84.9 Å². The lowest BCUT2D eigenvalue weighted by atomic mass is 9.82. The average molecular weight is 554 g/mol. The summed E-state index contributed by atoms with van der Waals surface area (Å²) in [4.78, 5) is 0. The normalized spacial score (nSPS) is 14.0. The molecule has 0 aliphatic carbocycles. The Hall–Kier alpha value is -5.66. The summed E-state index contributed by atoms with van der Waals surface area (Å²) >= 11 is 0. The third-order valence-electron chi connectivity index (χ3n) is 8.36. The number of hydrogen-bond donors (Lipinski definition) is 0. The minimum atomic E-state index is -0.472. The van der Waals surface area contributed by atoms with E-state index in [9.17, 15) is 1.37 Å². The Kier molecular flexibility index (Phi) is 3.95. The second-order valence-corrected chi connectivity index (χ2v) is 10.7. The highest BCUT2D eigenvalue weighted by molar-refractivity contribution is 6.25. The first-order valence-electron chi connectivity index (χ1n) is 17.7. The number of benzene rings is 8. The molecular weight excluding hydrogens is 520 g/mol. The SMILES string of the molecule is [2H]c1c([2H])c([2H])c2c(-c3c4ccccc4c(-c4cc5c(cc4-c4ccccc4)oc4ccccc45)c4ccccc34)c([2H])c([2H])c([2H])c2c1[2H]. The van der Waals surface area contributed by atoms with Gasteiger partial charge in [-0.15, -0.1) is 0 Å². The Morgan fingerprint density at radius 1 is 0.395 bits per heavy atom. The first-order chi connectivity index (χ1) is 24.3. The number of rotatable bonds is 3. The average Bonchev–Trinajstić information content (AvgIpc) is 3.52. The van der Waals surface area contributed by atoms with Crippen molar-refractivity contribution in [2.45, 2.75) is 0 Å². The summed E-state index contributed by atoms with van der Waals surface area (Å²) in [6, 6.07) is 35.5. The summed E-state index contributed by atoms with van der Waals surface area (Å²) in [5, 5.41) is 5.27. The maximum Gasteiger partial charge on any atom is 0.136 e. The van der Waals surface area contributed by atoms with Crippen molar-refractivity contribution >= 4 is 54.3 Å². The van der Waals surface area contributed by atoms with Crippen LogP contribution in [0, 0.1) is 0 Å². The minimum Gasteiger partial charge on any atom is -0.456 e. The second kappa shape index (κ2) is 9.44. The van der Waals surface area contributed by atoms with Crippen LogP contribution in [0.15, 0.2) is 162 Å². The van der Waals surface area contributed by atoms with Crippen molar-refractivity contribution in [3.05, 3.63) is 158 Å². The van der Waals surface area contributed by atoms with Crippen molar-refractivity contribution in [3.63, 3.8) is 0 Å². The van der Waals surface area contributed by atoms with E-state index < -0.39 is 18.1 Å². The van der Waals surface area contributed by atoms with E-state index in [2.05, 4.69) is 30.3 Å². The van der Waals surface area contributed by atoms with Crippen molar-refractivity contribution < 1.29 is 14.0 Å². The predicted molar refractivity (Wildman–Crippen MR) is 183 cm³/mol. The third-order valence-corrected chi connectivity index (χ3v) is 8.36. The molecule has 1 nitrogen and oxygen atoms in total. The molecule has 0 bridgehead atoms. The van der Waals surface area contributed by atoms with Crippen LogP contribution in [-0.4, -0.2) is 0 Å². The molecule has 0 spiro atoms. The summed E-state index contributed by atoms with van der Waals surface area (Å²) in [6.45, 7) is 0. The van der Waals surface area contributed by atoms with E-state index in [0.717, 1.165) is 65.7 Å². The molecule has 0 unspecified atom stereocenters. The molecule has 0 saturated heterocycles. The summed E-state index contributed by atoms with van der Waals surface area (Å²) in [6.07, 6.45) is 0. The topological polar surface area (TPSA) is 13.1 Å². The minimum absolute atomic E-state index is 0.0621. The zero-order valence-corrected chi connectivity index (χ0v) is 22.9. The van der Waals surface area contributed by atoms with Gasteiger partial charge in [-0.25, -0.2) is 0 Å². The van der Waals surface area contributed by atoms with Crippen LogP contribution in [0.2, 0.25) is 0 Å². The van der Waals surface area contributed by atoms with E-state index in [0.29, 0.717) is 5.56 Å². The van der Waals surface area contributed by atoms with Gasteiger partial charge in [0.15, 0.2) is 0 Å². The van der Waals surface area contributed by atoms with Crippen molar-refractivity contribution in [1.29, 1.82) is 0 Å². The van der Waals surface area contributed by atoms with Crippen LogP contribution in [0.4, 0.5) is 0 Å². The van der Waals surface area contributed by atoms with E-state index in [1.165, 1.54) is 0 Å². The molecule has 1 heterocycles. The Labute approximate surface area is 259 Å². The molecule has 0 aliphatic heterocycles. The van der Waals surface area contributed by atoms with Gasteiger partial charge in [0.1, 0.15) is 11.2 Å². The lowest BCUT2D eigenvalue weighted by Gasteiger charge is -2.20. The largest absolute Gasteiger partial charge is 0.456 e. The molecule has 0 aliphatic rings. The Bertz CT molecular complexity index is 2830. The Morgan fingerprint density at radius 3 is 1.70 bits per heavy atom. The molecule has 9 aromatic rings. The highest BCUT2D eigenvalue weighted by atomic mass is 16.3. The number of furan rings is 1. The molecule has 200 valence electrons. The van der Waals surface area contributed by atoms with Crippen molar-refractivity contribution in [1.82, 2.24) is 0 Å². The van der Waals surface area contributed by atoms with Crippen LogP contribution in [0.25, 0.3) is 87.6 Å². The summed E-state index contributed by atoms with van der Waals surface area (Å²) in [5.74, 6) is 0. The molecule has 0 saturated carbocycles. The zero-order chi connectivity index (χ0) is 34.4. The standard InChI is InChI=1S/C42H26O/c1-2-13-28(14-3-1)36-26-40-37(30-18-10-11-24-39(30)43-40)25-38(36)42-34-21-8-6-19-32(34)41(33-20-7-9-22-35(33)42)31-23-12-16-27-15-4-5-17-29(27)31/h1-26H/i4D,5D,12D,15D,16D,17D,23D. The van der Waals surface area contributed by atoms with Gasteiger partial charge in [0.2, 0.25) is 0 Å². The molecule has 0 fully saturated rings. The van der Waals surface area contributed by atoms with E-state index in [4.69, 9.17) is 12.6 Å². The molecule has 0 atom stereocenters. The first kappa shape index (κ1) is 18.0. The first-order valence-corrected chi connectivity index (χ1v) is 14.2. The van der Waals surface area contributed by atoms with Gasteiger partial charge in [-0.05, 0) is 83.9 Å². The van der Waals surface area contributed by atoms with Crippen LogP contribution >= 0.6 is 0 Å². The van der Waals surface area contributed by atoms with Gasteiger partial charge in [0.25, 0.3) is 0 Å². The lowest BCUT2D eigenvalue weighted by Crippen LogP contribution is -1.93. The number of hydrogen-bond acceptors (Lipinski definition) is 1. The number of para-hydroxylation sites is 1. The molecule has 1 heteroatoms. The van der Waals surface area contributed by atoms with Crippen LogP contribution in [0.5, 0.6) is 0 Å². The van der Waals surface area contributed by atoms with Gasteiger partial charge >= 0.3 is 0 Å². The molecule has 8 aromatic carbocycles. The summed E-state index contributed by atoms with van der Waals surface area (Å²) in [7, 11) is 0. The fraction of sp³-hybridized carbons (Fsp3) is 0. The molecule has 1 aromatic heterocycles. The van der Waals surface area contributed by atoms with Crippen molar-refractivity contribution in [2.75, 3.05) is 0 Å². The molecule has 43 heavy (non-hydrogen) atoms. The van der Waals surface area contributed by atoms with Crippen molar-refractivity contribution in [2.24, 2.45) is 0 Å². The summed E-state index contributed by atoms with van der Waals surface area (Å²) in [5.41, 5.74) is 6.32. The van der Waals surface area contributed by atoms with Crippen molar-refractivity contribution in [3.8, 4) is 33.4 Å². The lowest BCUT2D eigenvalue weighted by molar-refractivity contribution is 0.669. The van der Waals surface area contributed by atoms with Crippen LogP contribution < -0.4 is 0 Å². The second-order valence-electron chi connectivity index (χ2n) is 10.7. The molecule has 0 N–H and O–H groups in total. The Morgan fingerprint density at radius 2 is 0.977 bits per heavy atom. The predicted octanol–water partition coefficient (Wildman–Crippen LogP) is 12.0. The highest BCUT2D eigenvalue weighted by Crippen LogP contribution is 2.48. The smallest absolute Gasteiger partial charge is 0.136 e. The quantitative estimate of drug-likeness (QED) is 0.198. The van der Waals surface area contributed by atoms with E-state index in [-0.39, 0.29) is 40.5 Å². The van der Waals surface area contributed by atoms with Gasteiger partial charge in [-0.1, -0.05) is 139 Å². The molecular formula is C42H26O. The maximum absolute atomic E-state index is 9.24. The van der Waals surface area contributed by atoms with E-state index >= 15 is 0 Å². The molecule has 0 radical (unpaired) electrons. The van der Waals surface area contributed by atoms with Gasteiger partial charge in [0, 0.05) is 10.8 Å². The van der Waals surface area contributed by atoms with Crippen LogP contribution in [-0.2, 0) is 0 Å². The summed E-state index contributed by atoms with van der Waals surface area (Å²) < 4.78 is 67.7. The van der Waals surface area contributed by atoms with Gasteiger partial charge in [-0.3, -0.25) is 0 Å². The van der Waals surface area contributed by atoms with E-state index in [1.54, 1.807) is 0 Å². The van der Waals surface area contributed by atoms with Crippen LogP contribution in [0.1, 0.15) is 9.60 Å². The van der Waals surface area contributed by atoms with Gasteiger partial charge in [0.05, 0.1) is 9.60 Å². The fourth-order valence-corrected chi connectivity index (χ4v) is 6.52. The highest BCUT2D eigenvalue weighted by Gasteiger charge is 2.21. The maximum atomic E-state index is 9.24. The fourth-order valence-electron chi connectivity index (χ4n) is 6.52. The van der Waals surface area contributed by atoms with Crippen LogP contribution in [0.3, 0.4) is 0 Å². The third kappa shape index (κ3) is 3.65. The molecule has 0 amide bonds. The molecule has 9 rings (SSSR count). The monoisotopic (exact) mass is 553 g/mol. The Balaban J connectivity index is 1.50.